The Morgan fingerprint density at radius 2 is 2.00 bits per heavy atom. The van der Waals surface area contributed by atoms with Crippen LogP contribution in [0.1, 0.15) is 37.9 Å². The number of benzene rings is 1. The minimum absolute atomic E-state index is 0.0216. The fourth-order valence-corrected chi connectivity index (χ4v) is 5.02. The molecule has 3 N–H and O–H groups in total. The molecule has 11 heteroatoms. The molecule has 3 aromatic rings. The number of nitrogens with zero attached hydrogens (tertiary/aromatic N) is 4. The highest BCUT2D eigenvalue weighted by Crippen LogP contribution is 2.32. The summed E-state index contributed by atoms with van der Waals surface area (Å²) >= 11 is 12.2. The third-order valence-corrected chi connectivity index (χ3v) is 7.64. The number of nitrogen functional groups attached to an aromatic ring is 1. The number of carbonyl (C=O) groups excluding carboxylic acids is 1. The van der Waals surface area contributed by atoms with Crippen molar-refractivity contribution in [2.45, 2.75) is 45.6 Å². The van der Waals surface area contributed by atoms with Crippen LogP contribution in [0.25, 0.3) is 11.1 Å². The highest BCUT2D eigenvalue weighted by molar-refractivity contribution is 6.36. The maximum Gasteiger partial charge on any atom is 0.247 e. The number of hydrogen-bond acceptors (Lipinski definition) is 6. The number of hydrogen-bond donors (Lipinski definition) is 2. The highest BCUT2D eigenvalue weighted by Gasteiger charge is 2.31. The van der Waals surface area contributed by atoms with Gasteiger partial charge < -0.3 is 20.7 Å². The number of pyridine rings is 1. The zero-order valence-electron chi connectivity index (χ0n) is 21.9. The first-order chi connectivity index (χ1) is 18.1. The average molecular weight is 564 g/mol. The highest BCUT2D eigenvalue weighted by atomic mass is 35.5. The molecule has 204 valence electrons. The van der Waals surface area contributed by atoms with Crippen molar-refractivity contribution in [3.63, 3.8) is 0 Å². The molecule has 4 rings (SSSR count). The number of halogens is 3. The summed E-state index contributed by atoms with van der Waals surface area (Å²) in [5.74, 6) is -0.0463. The summed E-state index contributed by atoms with van der Waals surface area (Å²) in [4.78, 5) is 19.7. The number of rotatable bonds is 10. The first-order valence-corrected chi connectivity index (χ1v) is 13.4. The van der Waals surface area contributed by atoms with Gasteiger partial charge in [-0.3, -0.25) is 9.48 Å². The summed E-state index contributed by atoms with van der Waals surface area (Å²) in [6, 6.07) is 4.46. The molecule has 1 aliphatic rings. The predicted octanol–water partition coefficient (Wildman–Crippen LogP) is 4.85. The Balaban J connectivity index is 1.44. The molecule has 0 aliphatic carbocycles. The summed E-state index contributed by atoms with van der Waals surface area (Å²) < 4.78 is 21.4. The van der Waals surface area contributed by atoms with Crippen molar-refractivity contribution in [1.29, 1.82) is 0 Å². The van der Waals surface area contributed by atoms with Crippen LogP contribution >= 0.6 is 23.2 Å². The first-order valence-electron chi connectivity index (χ1n) is 12.7. The number of likely N-dealkylation sites (tertiary alicyclic amines) is 1. The minimum Gasteiger partial charge on any atom is -0.489 e. The molecule has 1 amide bonds. The van der Waals surface area contributed by atoms with Crippen molar-refractivity contribution >= 4 is 34.9 Å². The van der Waals surface area contributed by atoms with E-state index in [1.165, 1.54) is 25.0 Å². The number of nitrogens with two attached hydrogens (primary N) is 1. The molecule has 0 saturated carbocycles. The van der Waals surface area contributed by atoms with Crippen LogP contribution in [0.2, 0.25) is 10.0 Å². The van der Waals surface area contributed by atoms with E-state index >= 15 is 0 Å². The lowest BCUT2D eigenvalue weighted by atomic mass is 10.0. The van der Waals surface area contributed by atoms with E-state index in [9.17, 15) is 9.18 Å². The Morgan fingerprint density at radius 3 is 2.74 bits per heavy atom. The molecular formula is C27H33Cl2FN6O2. The second-order valence-corrected chi connectivity index (χ2v) is 10.7. The van der Waals surface area contributed by atoms with Gasteiger partial charge in [0.2, 0.25) is 5.91 Å². The van der Waals surface area contributed by atoms with Crippen molar-refractivity contribution in [3.05, 3.63) is 57.7 Å². The fourth-order valence-electron chi connectivity index (χ4n) is 4.46. The van der Waals surface area contributed by atoms with Crippen LogP contribution in [0.4, 0.5) is 10.2 Å². The number of nitrogens with one attached hydrogen (secondary N) is 1. The monoisotopic (exact) mass is 562 g/mol. The lowest BCUT2D eigenvalue weighted by molar-refractivity contribution is -0.128. The summed E-state index contributed by atoms with van der Waals surface area (Å²) in [5, 5.41) is 8.02. The Labute approximate surface area is 232 Å². The molecule has 1 aliphatic heterocycles. The van der Waals surface area contributed by atoms with Crippen LogP contribution in [0.15, 0.2) is 30.6 Å². The van der Waals surface area contributed by atoms with Gasteiger partial charge in [0, 0.05) is 48.1 Å². The lowest BCUT2D eigenvalue weighted by Gasteiger charge is -2.25. The first kappa shape index (κ1) is 28.1. The lowest BCUT2D eigenvalue weighted by Crippen LogP contribution is -2.46. The standard InChI is InChI=1S/C27H33Cl2FN6O2/c1-17-20(16-36(34-17)27(2,3)26(37)32-9-12-35-10-4-5-11-35)18-14-23(25(31)33-15-18)38-13-8-19-21(28)6-7-22(30)24(19)29/h6-7,14-16H,4-5,8-13H2,1-3H3,(H2,31,33)(H,32,37). The van der Waals surface area contributed by atoms with Crippen LogP contribution in [0.5, 0.6) is 5.75 Å². The van der Waals surface area contributed by atoms with Gasteiger partial charge in [0.15, 0.2) is 11.6 Å². The topological polar surface area (TPSA) is 98.3 Å². The van der Waals surface area contributed by atoms with Crippen LogP contribution in [0.3, 0.4) is 0 Å². The third-order valence-electron chi connectivity index (χ3n) is 6.88. The van der Waals surface area contributed by atoms with Gasteiger partial charge in [0.05, 0.1) is 17.3 Å². The molecule has 0 atom stereocenters. The molecule has 1 saturated heterocycles. The molecule has 0 radical (unpaired) electrons. The van der Waals surface area contributed by atoms with Crippen LogP contribution in [0, 0.1) is 12.7 Å². The molecular weight excluding hydrogens is 530 g/mol. The van der Waals surface area contributed by atoms with Crippen molar-refractivity contribution in [1.82, 2.24) is 25.0 Å². The predicted molar refractivity (Wildman–Crippen MR) is 148 cm³/mol. The van der Waals surface area contributed by atoms with E-state index < -0.39 is 11.4 Å². The van der Waals surface area contributed by atoms with Gasteiger partial charge in [-0.15, -0.1) is 0 Å². The van der Waals surface area contributed by atoms with E-state index in [0.717, 1.165) is 36.5 Å². The van der Waals surface area contributed by atoms with Crippen LogP contribution < -0.4 is 15.8 Å². The Bertz CT molecular complexity index is 1310. The zero-order valence-corrected chi connectivity index (χ0v) is 23.4. The number of amides is 1. The van der Waals surface area contributed by atoms with E-state index in [1.54, 1.807) is 16.9 Å². The molecule has 3 heterocycles. The third kappa shape index (κ3) is 6.22. The maximum atomic E-state index is 13.8. The largest absolute Gasteiger partial charge is 0.489 e. The molecule has 1 fully saturated rings. The number of anilines is 1. The quantitative estimate of drug-likeness (QED) is 0.343. The van der Waals surface area contributed by atoms with Crippen molar-refractivity contribution in [2.75, 3.05) is 38.5 Å². The van der Waals surface area contributed by atoms with E-state index in [4.69, 9.17) is 33.7 Å². The number of carbonyl (C=O) groups is 1. The van der Waals surface area contributed by atoms with E-state index in [2.05, 4.69) is 20.3 Å². The molecule has 0 unspecified atom stereocenters. The Morgan fingerprint density at radius 1 is 1.26 bits per heavy atom. The molecule has 8 nitrogen and oxygen atoms in total. The smallest absolute Gasteiger partial charge is 0.247 e. The average Bonchev–Trinajstić information content (AvgIpc) is 3.55. The summed E-state index contributed by atoms with van der Waals surface area (Å²) in [5.41, 5.74) is 7.90. The van der Waals surface area contributed by atoms with Crippen LogP contribution in [-0.2, 0) is 16.8 Å². The van der Waals surface area contributed by atoms with Gasteiger partial charge in [-0.2, -0.15) is 5.10 Å². The van der Waals surface area contributed by atoms with Crippen molar-refractivity contribution in [2.24, 2.45) is 0 Å². The van der Waals surface area contributed by atoms with Gasteiger partial charge >= 0.3 is 0 Å². The van der Waals surface area contributed by atoms with Crippen molar-refractivity contribution < 1.29 is 13.9 Å². The van der Waals surface area contributed by atoms with Gasteiger partial charge in [0.25, 0.3) is 0 Å². The minimum atomic E-state index is -0.891. The summed E-state index contributed by atoms with van der Waals surface area (Å²) in [6.07, 6.45) is 6.20. The number of ether oxygens (including phenoxy) is 1. The van der Waals surface area contributed by atoms with E-state index in [1.807, 2.05) is 27.0 Å². The fraction of sp³-hybridized carbons (Fsp3) is 0.444. The Kier molecular flexibility index (Phi) is 8.80. The molecule has 1 aromatic carbocycles. The normalized spacial score (nSPS) is 14.2. The second-order valence-electron chi connectivity index (χ2n) is 9.96. The van der Waals surface area contributed by atoms with Gasteiger partial charge in [-0.1, -0.05) is 23.2 Å². The molecule has 0 spiro atoms. The maximum absolute atomic E-state index is 13.8. The van der Waals surface area contributed by atoms with Crippen molar-refractivity contribution in [3.8, 4) is 16.9 Å². The number of aromatic nitrogens is 3. The zero-order chi connectivity index (χ0) is 27.4. The second kappa shape index (κ2) is 11.9. The van der Waals surface area contributed by atoms with Gasteiger partial charge in [0.1, 0.15) is 11.4 Å². The summed E-state index contributed by atoms with van der Waals surface area (Å²) in [7, 11) is 0. The SMILES string of the molecule is Cc1nn(C(C)(C)C(=O)NCCN2CCCC2)cc1-c1cnc(N)c(OCCc2c(Cl)ccc(F)c2Cl)c1. The van der Waals surface area contributed by atoms with E-state index in [0.29, 0.717) is 22.9 Å². The van der Waals surface area contributed by atoms with Gasteiger partial charge in [-0.25, -0.2) is 9.37 Å². The Hall–Kier alpha value is -2.88. The molecule has 2 aromatic heterocycles. The summed E-state index contributed by atoms with van der Waals surface area (Å²) in [6.45, 7) is 9.36. The van der Waals surface area contributed by atoms with Crippen LogP contribution in [-0.4, -0.2) is 58.4 Å². The van der Waals surface area contributed by atoms with Gasteiger partial charge in [-0.05, 0) is 70.5 Å². The van der Waals surface area contributed by atoms with E-state index in [-0.39, 0.29) is 29.8 Å². The molecule has 38 heavy (non-hydrogen) atoms. The molecule has 0 bridgehead atoms. The number of aryl methyl sites for hydroxylation is 1.